The summed E-state index contributed by atoms with van der Waals surface area (Å²) in [5.41, 5.74) is 1.99. The Balaban J connectivity index is 2.36. The van der Waals surface area contributed by atoms with Crippen molar-refractivity contribution in [2.45, 2.75) is 75.5 Å². The molecule has 0 aromatic heterocycles. The molecule has 0 bridgehead atoms. The summed E-state index contributed by atoms with van der Waals surface area (Å²) in [5, 5.41) is 0. The third-order valence-corrected chi connectivity index (χ3v) is 19.7. The van der Waals surface area contributed by atoms with Gasteiger partial charge in [0.1, 0.15) is 0 Å². The standard InChI is InChI=1S/C18H32IP/c1-3-15-20(19,16-4-2,17-11-7-5-8-12-17)18-13-9-6-10-14-18/h3-4,17-18H,1-2,5-16H2. The summed E-state index contributed by atoms with van der Waals surface area (Å²) in [6, 6.07) is 0. The van der Waals surface area contributed by atoms with Crippen molar-refractivity contribution in [3.8, 4) is 0 Å². The summed E-state index contributed by atoms with van der Waals surface area (Å²) in [5.74, 6) is 0. The van der Waals surface area contributed by atoms with Gasteiger partial charge in [-0.25, -0.2) is 0 Å². The maximum atomic E-state index is 4.16. The summed E-state index contributed by atoms with van der Waals surface area (Å²) in [6.07, 6.45) is 21.8. The number of allylic oxidation sites excluding steroid dienone is 2. The molecule has 0 unspecified atom stereocenters. The maximum absolute atomic E-state index is 4.16. The van der Waals surface area contributed by atoms with E-state index in [1.807, 2.05) is 0 Å². The molecule has 2 aliphatic rings. The number of halogens is 1. The van der Waals surface area contributed by atoms with Crippen molar-refractivity contribution in [2.24, 2.45) is 0 Å². The summed E-state index contributed by atoms with van der Waals surface area (Å²) in [6.45, 7) is 8.31. The number of rotatable bonds is 6. The molecular formula is C18H32IP. The van der Waals surface area contributed by atoms with Gasteiger partial charge in [-0.15, -0.1) is 0 Å². The van der Waals surface area contributed by atoms with E-state index in [0.717, 1.165) is 11.3 Å². The second-order valence-electron chi connectivity index (χ2n) is 7.06. The zero-order chi connectivity index (χ0) is 14.5. The van der Waals surface area contributed by atoms with Crippen LogP contribution < -0.4 is 0 Å². The first-order chi connectivity index (χ1) is 9.64. The van der Waals surface area contributed by atoms with Crippen LogP contribution in [-0.4, -0.2) is 23.6 Å². The SMILES string of the molecule is C=CCP(I)(CC=C)(C1CCCCC1)C1CCCCC1. The van der Waals surface area contributed by atoms with Gasteiger partial charge in [-0.05, 0) is 0 Å². The van der Waals surface area contributed by atoms with Gasteiger partial charge in [-0.3, -0.25) is 0 Å². The van der Waals surface area contributed by atoms with Crippen molar-refractivity contribution in [2.75, 3.05) is 12.3 Å². The third kappa shape index (κ3) is 3.19. The first-order valence-corrected chi connectivity index (χ1v) is 14.1. The zero-order valence-electron chi connectivity index (χ0n) is 13.0. The Kier molecular flexibility index (Phi) is 6.18. The second-order valence-corrected chi connectivity index (χ2v) is 19.8. The van der Waals surface area contributed by atoms with Crippen LogP contribution in [-0.2, 0) is 0 Å². The van der Waals surface area contributed by atoms with E-state index in [1.54, 1.807) is 0 Å². The van der Waals surface area contributed by atoms with Crippen LogP contribution in [0, 0.1) is 0 Å². The van der Waals surface area contributed by atoms with Crippen LogP contribution in [0.15, 0.2) is 25.3 Å². The van der Waals surface area contributed by atoms with Gasteiger partial charge in [0, 0.05) is 0 Å². The average Bonchev–Trinajstić information content (AvgIpc) is 2.50. The van der Waals surface area contributed by atoms with E-state index in [-0.39, 0.29) is 0 Å². The fourth-order valence-electron chi connectivity index (χ4n) is 4.93. The fraction of sp³-hybridized carbons (Fsp3) is 0.778. The fourth-order valence-corrected chi connectivity index (χ4v) is 16.2. The second kappa shape index (κ2) is 7.27. The minimum atomic E-state index is -1.75. The van der Waals surface area contributed by atoms with Gasteiger partial charge in [0.15, 0.2) is 0 Å². The van der Waals surface area contributed by atoms with Crippen LogP contribution in [0.4, 0.5) is 0 Å². The van der Waals surface area contributed by atoms with Gasteiger partial charge >= 0.3 is 139 Å². The molecule has 0 radical (unpaired) electrons. The molecule has 0 saturated heterocycles. The summed E-state index contributed by atoms with van der Waals surface area (Å²) in [4.78, 5) is 0. The molecule has 0 heterocycles. The van der Waals surface area contributed by atoms with Crippen molar-refractivity contribution in [1.29, 1.82) is 0 Å². The van der Waals surface area contributed by atoms with Crippen molar-refractivity contribution >= 4 is 26.3 Å². The van der Waals surface area contributed by atoms with Crippen molar-refractivity contribution in [3.63, 3.8) is 0 Å². The summed E-state index contributed by atoms with van der Waals surface area (Å²) in [7, 11) is 0. The molecule has 0 amide bonds. The topological polar surface area (TPSA) is 0 Å². The number of hydrogen-bond donors (Lipinski definition) is 0. The van der Waals surface area contributed by atoms with Crippen LogP contribution in [0.5, 0.6) is 0 Å². The molecule has 0 aromatic carbocycles. The monoisotopic (exact) mass is 406 g/mol. The van der Waals surface area contributed by atoms with Crippen molar-refractivity contribution in [3.05, 3.63) is 25.3 Å². The van der Waals surface area contributed by atoms with E-state index in [1.165, 1.54) is 76.5 Å². The van der Waals surface area contributed by atoms with Gasteiger partial charge in [0.05, 0.1) is 0 Å². The molecule has 0 N–H and O–H groups in total. The average molecular weight is 406 g/mol. The molecule has 116 valence electrons. The summed E-state index contributed by atoms with van der Waals surface area (Å²) < 4.78 is -1.75. The molecule has 2 fully saturated rings. The molecule has 2 rings (SSSR count). The van der Waals surface area contributed by atoms with Crippen molar-refractivity contribution < 1.29 is 0 Å². The Morgan fingerprint density at radius 2 is 1.10 bits per heavy atom. The van der Waals surface area contributed by atoms with Crippen LogP contribution >= 0.6 is 26.3 Å². The first kappa shape index (κ1) is 17.0. The molecule has 2 saturated carbocycles. The molecule has 0 aromatic rings. The molecule has 0 nitrogen and oxygen atoms in total. The normalized spacial score (nSPS) is 24.8. The van der Waals surface area contributed by atoms with Crippen LogP contribution in [0.2, 0.25) is 0 Å². The predicted octanol–water partition coefficient (Wildman–Crippen LogP) is 6.93. The molecule has 0 atom stereocenters. The van der Waals surface area contributed by atoms with Crippen LogP contribution in [0.1, 0.15) is 64.2 Å². The molecular weight excluding hydrogens is 374 g/mol. The Labute approximate surface area is 139 Å². The summed E-state index contributed by atoms with van der Waals surface area (Å²) >= 11 is 3.03. The molecule has 20 heavy (non-hydrogen) atoms. The van der Waals surface area contributed by atoms with E-state index < -0.39 is 4.25 Å². The van der Waals surface area contributed by atoms with Crippen LogP contribution in [0.3, 0.4) is 0 Å². The minimum absolute atomic E-state index is 0.995. The Bertz CT molecular complexity index is 305. The van der Waals surface area contributed by atoms with Gasteiger partial charge in [-0.2, -0.15) is 0 Å². The van der Waals surface area contributed by atoms with E-state index in [9.17, 15) is 0 Å². The Hall–Kier alpha value is 0.640. The van der Waals surface area contributed by atoms with Gasteiger partial charge in [0.25, 0.3) is 0 Å². The predicted molar refractivity (Wildman–Crippen MR) is 105 cm³/mol. The number of hydrogen-bond acceptors (Lipinski definition) is 0. The van der Waals surface area contributed by atoms with Gasteiger partial charge in [0.2, 0.25) is 0 Å². The first-order valence-electron chi connectivity index (χ1n) is 8.58. The van der Waals surface area contributed by atoms with E-state index in [2.05, 4.69) is 47.4 Å². The quantitative estimate of drug-likeness (QED) is 0.255. The molecule has 0 spiro atoms. The van der Waals surface area contributed by atoms with Crippen LogP contribution in [0.25, 0.3) is 0 Å². The van der Waals surface area contributed by atoms with Crippen molar-refractivity contribution in [1.82, 2.24) is 0 Å². The molecule has 2 aliphatic carbocycles. The van der Waals surface area contributed by atoms with Gasteiger partial charge in [-0.1, -0.05) is 0 Å². The molecule has 2 heteroatoms. The van der Waals surface area contributed by atoms with E-state index >= 15 is 0 Å². The molecule has 0 aliphatic heterocycles. The Morgan fingerprint density at radius 1 is 0.750 bits per heavy atom. The zero-order valence-corrected chi connectivity index (χ0v) is 16.1. The van der Waals surface area contributed by atoms with E-state index in [0.29, 0.717) is 0 Å². The Morgan fingerprint density at radius 3 is 1.40 bits per heavy atom. The van der Waals surface area contributed by atoms with E-state index in [4.69, 9.17) is 0 Å². The van der Waals surface area contributed by atoms with Gasteiger partial charge < -0.3 is 0 Å². The third-order valence-electron chi connectivity index (χ3n) is 5.96.